The molecule has 3 rings (SSSR count). The van der Waals surface area contributed by atoms with Crippen LogP contribution in [0.5, 0.6) is 0 Å². The summed E-state index contributed by atoms with van der Waals surface area (Å²) in [5.74, 6) is 1.74. The topological polar surface area (TPSA) is 37.2 Å². The molecule has 0 aliphatic carbocycles. The second-order valence-electron chi connectivity index (χ2n) is 5.10. The normalized spacial score (nSPS) is 10.5. The first-order chi connectivity index (χ1) is 11.2. The second kappa shape index (κ2) is 7.44. The van der Waals surface area contributed by atoms with E-state index in [9.17, 15) is 0 Å². The van der Waals surface area contributed by atoms with Crippen molar-refractivity contribution in [3.8, 4) is 0 Å². The first-order valence-corrected chi connectivity index (χ1v) is 8.01. The molecule has 5 heteroatoms. The molecule has 3 nitrogen and oxygen atoms in total. The number of halogens is 2. The van der Waals surface area contributed by atoms with Gasteiger partial charge in [0, 0.05) is 21.4 Å². The summed E-state index contributed by atoms with van der Waals surface area (Å²) in [7, 11) is 0. The van der Waals surface area contributed by atoms with E-state index < -0.39 is 0 Å². The Balaban J connectivity index is 1.53. The van der Waals surface area contributed by atoms with Crippen LogP contribution in [-0.2, 0) is 13.1 Å². The fraction of sp³-hybridized carbons (Fsp3) is 0.111. The van der Waals surface area contributed by atoms with Gasteiger partial charge in [-0.15, -0.1) is 0 Å². The third-order valence-corrected chi connectivity index (χ3v) is 3.77. The van der Waals surface area contributed by atoms with Crippen LogP contribution in [0.25, 0.3) is 0 Å². The Morgan fingerprint density at radius 1 is 0.696 bits per heavy atom. The van der Waals surface area contributed by atoms with E-state index in [1.165, 1.54) is 0 Å². The zero-order valence-electron chi connectivity index (χ0n) is 12.4. The number of hydrogen-bond acceptors (Lipinski definition) is 3. The number of hydrogen-bond donors (Lipinski definition) is 2. The molecule has 0 aliphatic heterocycles. The largest absolute Gasteiger partial charge is 0.462 e. The minimum Gasteiger partial charge on any atom is -0.462 e. The fourth-order valence-electron chi connectivity index (χ4n) is 2.19. The molecule has 1 aromatic heterocycles. The van der Waals surface area contributed by atoms with Gasteiger partial charge in [0.1, 0.15) is 11.5 Å². The highest BCUT2D eigenvalue weighted by atomic mass is 35.5. The van der Waals surface area contributed by atoms with Gasteiger partial charge in [0.05, 0.1) is 13.1 Å². The minimum absolute atomic E-state index is 0.609. The fourth-order valence-corrected chi connectivity index (χ4v) is 2.57. The van der Waals surface area contributed by atoms with E-state index in [0.717, 1.165) is 22.9 Å². The molecule has 2 N–H and O–H groups in total. The molecule has 0 saturated heterocycles. The highest BCUT2D eigenvalue weighted by molar-refractivity contribution is 6.31. The highest BCUT2D eigenvalue weighted by Crippen LogP contribution is 2.18. The second-order valence-corrected chi connectivity index (χ2v) is 5.97. The van der Waals surface area contributed by atoms with Crippen molar-refractivity contribution in [1.82, 2.24) is 0 Å². The summed E-state index contributed by atoms with van der Waals surface area (Å²) in [4.78, 5) is 0. The molecule has 0 saturated carbocycles. The van der Waals surface area contributed by atoms with Gasteiger partial charge < -0.3 is 15.1 Å². The van der Waals surface area contributed by atoms with Crippen LogP contribution >= 0.6 is 23.2 Å². The maximum Gasteiger partial charge on any atom is 0.123 e. The first kappa shape index (κ1) is 15.8. The summed E-state index contributed by atoms with van der Waals surface area (Å²) >= 11 is 11.9. The standard InChI is InChI=1S/C18H16Cl2N2O/c19-13-3-1-5-15(9-13)21-11-17-7-8-18(23-17)12-22-16-6-2-4-14(20)10-16/h1-10,21-22H,11-12H2. The molecule has 0 bridgehead atoms. The Labute approximate surface area is 145 Å². The molecule has 0 radical (unpaired) electrons. The van der Waals surface area contributed by atoms with Gasteiger partial charge in [-0.25, -0.2) is 0 Å². The van der Waals surface area contributed by atoms with Crippen LogP contribution in [0.1, 0.15) is 11.5 Å². The zero-order chi connectivity index (χ0) is 16.1. The van der Waals surface area contributed by atoms with Gasteiger partial charge in [-0.1, -0.05) is 35.3 Å². The van der Waals surface area contributed by atoms with Gasteiger partial charge in [0.15, 0.2) is 0 Å². The molecule has 1 heterocycles. The van der Waals surface area contributed by atoms with Gasteiger partial charge in [0.2, 0.25) is 0 Å². The third kappa shape index (κ3) is 4.68. The number of rotatable bonds is 6. The lowest BCUT2D eigenvalue weighted by Gasteiger charge is -2.06. The van der Waals surface area contributed by atoms with Crippen LogP contribution < -0.4 is 10.6 Å². The van der Waals surface area contributed by atoms with Crippen molar-refractivity contribution >= 4 is 34.6 Å². The summed E-state index contributed by atoms with van der Waals surface area (Å²) in [6.07, 6.45) is 0. The molecule has 0 amide bonds. The van der Waals surface area contributed by atoms with Crippen molar-refractivity contribution < 1.29 is 4.42 Å². The summed E-state index contributed by atoms with van der Waals surface area (Å²) in [6, 6.07) is 19.1. The van der Waals surface area contributed by atoms with E-state index in [2.05, 4.69) is 10.6 Å². The molecule has 3 aromatic rings. The predicted octanol–water partition coefficient (Wildman–Crippen LogP) is 5.81. The Hall–Kier alpha value is -2.10. The van der Waals surface area contributed by atoms with Crippen molar-refractivity contribution in [3.05, 3.63) is 82.2 Å². The van der Waals surface area contributed by atoms with Crippen LogP contribution in [-0.4, -0.2) is 0 Å². The molecule has 118 valence electrons. The van der Waals surface area contributed by atoms with E-state index in [4.69, 9.17) is 27.6 Å². The maximum absolute atomic E-state index is 5.96. The van der Waals surface area contributed by atoms with Crippen molar-refractivity contribution in [2.75, 3.05) is 10.6 Å². The minimum atomic E-state index is 0.609. The molecular formula is C18H16Cl2N2O. The molecular weight excluding hydrogens is 331 g/mol. The quantitative estimate of drug-likeness (QED) is 0.591. The molecule has 0 aliphatic rings. The van der Waals surface area contributed by atoms with Crippen molar-refractivity contribution in [2.45, 2.75) is 13.1 Å². The SMILES string of the molecule is Clc1cccc(NCc2ccc(CNc3cccc(Cl)c3)o2)c1. The van der Waals surface area contributed by atoms with Crippen molar-refractivity contribution in [3.63, 3.8) is 0 Å². The number of nitrogens with one attached hydrogen (secondary N) is 2. The zero-order valence-corrected chi connectivity index (χ0v) is 13.9. The van der Waals surface area contributed by atoms with Gasteiger partial charge in [-0.3, -0.25) is 0 Å². The van der Waals surface area contributed by atoms with Crippen molar-refractivity contribution in [2.24, 2.45) is 0 Å². The van der Waals surface area contributed by atoms with E-state index in [0.29, 0.717) is 23.1 Å². The Morgan fingerprint density at radius 3 is 1.61 bits per heavy atom. The van der Waals surface area contributed by atoms with Gasteiger partial charge in [0.25, 0.3) is 0 Å². The highest BCUT2D eigenvalue weighted by Gasteiger charge is 2.03. The summed E-state index contributed by atoms with van der Waals surface area (Å²) in [5, 5.41) is 7.98. The molecule has 2 aromatic carbocycles. The van der Waals surface area contributed by atoms with Crippen LogP contribution in [0.15, 0.2) is 65.1 Å². The average Bonchev–Trinajstić information content (AvgIpc) is 2.99. The van der Waals surface area contributed by atoms with Crippen molar-refractivity contribution in [1.29, 1.82) is 0 Å². The maximum atomic E-state index is 5.96. The summed E-state index contributed by atoms with van der Waals surface area (Å²) in [6.45, 7) is 1.22. The predicted molar refractivity (Wildman–Crippen MR) is 96.3 cm³/mol. The van der Waals surface area contributed by atoms with Gasteiger partial charge in [-0.2, -0.15) is 0 Å². The number of furan rings is 1. The monoisotopic (exact) mass is 346 g/mol. The Bertz CT molecular complexity index is 722. The number of anilines is 2. The van der Waals surface area contributed by atoms with E-state index in [1.807, 2.05) is 60.7 Å². The molecule has 0 atom stereocenters. The van der Waals surface area contributed by atoms with Crippen LogP contribution in [0.4, 0.5) is 11.4 Å². The third-order valence-electron chi connectivity index (χ3n) is 3.30. The average molecular weight is 347 g/mol. The summed E-state index contributed by atoms with van der Waals surface area (Å²) in [5.41, 5.74) is 1.93. The van der Waals surface area contributed by atoms with Gasteiger partial charge in [-0.05, 0) is 48.5 Å². The smallest absolute Gasteiger partial charge is 0.123 e. The molecule has 0 unspecified atom stereocenters. The molecule has 23 heavy (non-hydrogen) atoms. The molecule has 0 spiro atoms. The Morgan fingerprint density at radius 2 is 1.17 bits per heavy atom. The van der Waals surface area contributed by atoms with E-state index >= 15 is 0 Å². The van der Waals surface area contributed by atoms with E-state index in [-0.39, 0.29) is 0 Å². The summed E-state index contributed by atoms with van der Waals surface area (Å²) < 4.78 is 5.80. The van der Waals surface area contributed by atoms with Crippen LogP contribution in [0.3, 0.4) is 0 Å². The lowest BCUT2D eigenvalue weighted by molar-refractivity contribution is 0.477. The van der Waals surface area contributed by atoms with Crippen LogP contribution in [0, 0.1) is 0 Å². The lowest BCUT2D eigenvalue weighted by atomic mass is 10.3. The lowest BCUT2D eigenvalue weighted by Crippen LogP contribution is -1.99. The first-order valence-electron chi connectivity index (χ1n) is 7.25. The molecule has 0 fully saturated rings. The Kier molecular flexibility index (Phi) is 5.11. The van der Waals surface area contributed by atoms with Crippen LogP contribution in [0.2, 0.25) is 10.0 Å². The van der Waals surface area contributed by atoms with Gasteiger partial charge >= 0.3 is 0 Å². The van der Waals surface area contributed by atoms with E-state index in [1.54, 1.807) is 0 Å². The number of benzene rings is 2.